The molecule has 1 heterocycles. The Hall–Kier alpha value is -3.20. The van der Waals surface area contributed by atoms with Gasteiger partial charge >= 0.3 is 0 Å². The minimum absolute atomic E-state index is 0.106. The Bertz CT molecular complexity index is 1340. The highest BCUT2D eigenvalue weighted by molar-refractivity contribution is 7.88. The molecule has 3 aromatic rings. The van der Waals surface area contributed by atoms with Gasteiger partial charge in [-0.2, -0.15) is 0 Å². The third-order valence-corrected chi connectivity index (χ3v) is 8.66. The van der Waals surface area contributed by atoms with Crippen LogP contribution < -0.4 is 10.6 Å². The van der Waals surface area contributed by atoms with Crippen LogP contribution in [0.4, 0.5) is 5.69 Å². The highest BCUT2D eigenvalue weighted by Crippen LogP contribution is 2.25. The molecule has 7 nitrogen and oxygen atoms in total. The van der Waals surface area contributed by atoms with Crippen LogP contribution in [0.1, 0.15) is 47.3 Å². The van der Waals surface area contributed by atoms with E-state index in [2.05, 4.69) is 10.6 Å². The molecular weight excluding hydrogens is 510 g/mol. The van der Waals surface area contributed by atoms with Crippen LogP contribution in [0.15, 0.2) is 78.9 Å². The van der Waals surface area contributed by atoms with Gasteiger partial charge < -0.3 is 10.6 Å². The van der Waals surface area contributed by atoms with E-state index in [4.69, 9.17) is 11.6 Å². The third-order valence-electron chi connectivity index (χ3n) is 6.56. The van der Waals surface area contributed by atoms with Crippen molar-refractivity contribution in [2.45, 2.75) is 31.6 Å². The van der Waals surface area contributed by atoms with Gasteiger partial charge in [-0.1, -0.05) is 66.2 Å². The highest BCUT2D eigenvalue weighted by Gasteiger charge is 2.31. The molecule has 1 fully saturated rings. The minimum atomic E-state index is -3.50. The standard InChI is InChI=1S/C28H30ClN3O4S/c1-20(22-7-3-2-4-8-22)30-28(34)25-9-5-6-10-26(25)31-27(33)23-15-17-32(18-16-23)37(35,36)19-21-11-13-24(29)14-12-21/h2-14,20,23H,15-19H2,1H3,(H,30,34)(H,31,33)/t20-/m1/s1. The van der Waals surface area contributed by atoms with E-state index in [0.717, 1.165) is 5.56 Å². The second kappa shape index (κ2) is 11.9. The number of amides is 2. The number of carbonyl (C=O) groups is 2. The Kier molecular flexibility index (Phi) is 8.63. The maximum absolute atomic E-state index is 13.0. The zero-order valence-electron chi connectivity index (χ0n) is 20.6. The van der Waals surface area contributed by atoms with Crippen LogP contribution in [0.2, 0.25) is 5.02 Å². The Balaban J connectivity index is 1.35. The Morgan fingerprint density at radius 2 is 1.57 bits per heavy atom. The smallest absolute Gasteiger partial charge is 0.253 e. The van der Waals surface area contributed by atoms with E-state index in [1.807, 2.05) is 37.3 Å². The van der Waals surface area contributed by atoms with E-state index in [1.165, 1.54) is 4.31 Å². The lowest BCUT2D eigenvalue weighted by atomic mass is 9.97. The summed E-state index contributed by atoms with van der Waals surface area (Å²) in [5, 5.41) is 6.43. The molecule has 0 spiro atoms. The first-order valence-electron chi connectivity index (χ1n) is 12.2. The first-order chi connectivity index (χ1) is 17.7. The molecule has 0 aliphatic carbocycles. The summed E-state index contributed by atoms with van der Waals surface area (Å²) in [6.07, 6.45) is 0.816. The van der Waals surface area contributed by atoms with Gasteiger partial charge in [0.05, 0.1) is 23.0 Å². The third kappa shape index (κ3) is 6.97. The molecule has 0 radical (unpaired) electrons. The molecule has 0 bridgehead atoms. The molecule has 1 atom stereocenters. The molecule has 2 N–H and O–H groups in total. The lowest BCUT2D eigenvalue weighted by molar-refractivity contribution is -0.120. The summed E-state index contributed by atoms with van der Waals surface area (Å²) in [6, 6.07) is 23.1. The normalized spacial score (nSPS) is 15.6. The molecule has 3 aromatic carbocycles. The van der Waals surface area contributed by atoms with Gasteiger partial charge in [0.25, 0.3) is 5.91 Å². The Labute approximate surface area is 222 Å². The number of nitrogens with zero attached hydrogens (tertiary/aromatic N) is 1. The van der Waals surface area contributed by atoms with Gasteiger partial charge in [-0.25, -0.2) is 12.7 Å². The second-order valence-corrected chi connectivity index (χ2v) is 11.6. The van der Waals surface area contributed by atoms with Crippen LogP contribution in [0.25, 0.3) is 0 Å². The number of halogens is 1. The van der Waals surface area contributed by atoms with E-state index in [-0.39, 0.29) is 42.6 Å². The fourth-order valence-corrected chi connectivity index (χ4v) is 6.09. The molecule has 4 rings (SSSR count). The Morgan fingerprint density at radius 1 is 0.946 bits per heavy atom. The number of hydrogen-bond acceptors (Lipinski definition) is 4. The topological polar surface area (TPSA) is 95.6 Å². The van der Waals surface area contributed by atoms with Crippen molar-refractivity contribution in [3.05, 3.63) is 101 Å². The summed E-state index contributed by atoms with van der Waals surface area (Å²) in [5.74, 6) is -0.951. The van der Waals surface area contributed by atoms with Crippen molar-refractivity contribution in [3.63, 3.8) is 0 Å². The molecule has 194 valence electrons. The maximum Gasteiger partial charge on any atom is 0.253 e. The lowest BCUT2D eigenvalue weighted by Crippen LogP contribution is -2.42. The molecule has 1 aliphatic rings. The van der Waals surface area contributed by atoms with Crippen LogP contribution in [0, 0.1) is 5.92 Å². The molecule has 1 aliphatic heterocycles. The monoisotopic (exact) mass is 539 g/mol. The number of anilines is 1. The fraction of sp³-hybridized carbons (Fsp3) is 0.286. The van der Waals surface area contributed by atoms with Gasteiger partial charge in [-0.3, -0.25) is 9.59 Å². The summed E-state index contributed by atoms with van der Waals surface area (Å²) in [7, 11) is -3.50. The number of nitrogens with one attached hydrogen (secondary N) is 2. The van der Waals surface area contributed by atoms with Crippen molar-refractivity contribution in [3.8, 4) is 0 Å². The predicted molar refractivity (Wildman–Crippen MR) is 146 cm³/mol. The van der Waals surface area contributed by atoms with Crippen molar-refractivity contribution < 1.29 is 18.0 Å². The largest absolute Gasteiger partial charge is 0.345 e. The van der Waals surface area contributed by atoms with Crippen LogP contribution in [-0.2, 0) is 20.6 Å². The van der Waals surface area contributed by atoms with Crippen molar-refractivity contribution in [2.75, 3.05) is 18.4 Å². The van der Waals surface area contributed by atoms with Gasteiger partial charge in [0, 0.05) is 24.0 Å². The molecule has 0 unspecified atom stereocenters. The van der Waals surface area contributed by atoms with Crippen LogP contribution in [-0.4, -0.2) is 37.6 Å². The maximum atomic E-state index is 13.0. The predicted octanol–water partition coefficient (Wildman–Crippen LogP) is 5.01. The van der Waals surface area contributed by atoms with Gasteiger partial charge in [0.2, 0.25) is 15.9 Å². The number of carbonyl (C=O) groups excluding carboxylic acids is 2. The van der Waals surface area contributed by atoms with Crippen LogP contribution in [0.5, 0.6) is 0 Å². The summed E-state index contributed by atoms with van der Waals surface area (Å²) in [5.41, 5.74) is 2.46. The van der Waals surface area contributed by atoms with Crippen molar-refractivity contribution >= 4 is 39.1 Å². The summed E-state index contributed by atoms with van der Waals surface area (Å²) in [6.45, 7) is 2.44. The Morgan fingerprint density at radius 3 is 2.24 bits per heavy atom. The molecule has 2 amide bonds. The van der Waals surface area contributed by atoms with Crippen molar-refractivity contribution in [2.24, 2.45) is 5.92 Å². The first-order valence-corrected chi connectivity index (χ1v) is 14.2. The minimum Gasteiger partial charge on any atom is -0.345 e. The van der Waals surface area contributed by atoms with Crippen molar-refractivity contribution in [1.29, 1.82) is 0 Å². The van der Waals surface area contributed by atoms with E-state index < -0.39 is 10.0 Å². The average Bonchev–Trinajstić information content (AvgIpc) is 2.90. The zero-order valence-corrected chi connectivity index (χ0v) is 22.1. The van der Waals surface area contributed by atoms with E-state index in [1.54, 1.807) is 48.5 Å². The number of piperidine rings is 1. The van der Waals surface area contributed by atoms with E-state index in [9.17, 15) is 18.0 Å². The van der Waals surface area contributed by atoms with Gasteiger partial charge in [0.15, 0.2) is 0 Å². The summed E-state index contributed by atoms with van der Waals surface area (Å²) in [4.78, 5) is 26.0. The molecule has 0 aromatic heterocycles. The zero-order chi connectivity index (χ0) is 26.4. The van der Waals surface area contributed by atoms with Gasteiger partial charge in [-0.15, -0.1) is 0 Å². The first kappa shape index (κ1) is 26.9. The lowest BCUT2D eigenvalue weighted by Gasteiger charge is -2.30. The molecule has 0 saturated carbocycles. The number of rotatable bonds is 8. The van der Waals surface area contributed by atoms with Crippen LogP contribution >= 0.6 is 11.6 Å². The summed E-state index contributed by atoms with van der Waals surface area (Å²) >= 11 is 5.89. The van der Waals surface area contributed by atoms with E-state index in [0.29, 0.717) is 34.7 Å². The van der Waals surface area contributed by atoms with Gasteiger partial charge in [0.1, 0.15) is 0 Å². The highest BCUT2D eigenvalue weighted by atomic mass is 35.5. The average molecular weight is 540 g/mol. The van der Waals surface area contributed by atoms with E-state index >= 15 is 0 Å². The number of hydrogen-bond donors (Lipinski definition) is 2. The second-order valence-electron chi connectivity index (χ2n) is 9.20. The molecule has 9 heteroatoms. The van der Waals surface area contributed by atoms with Crippen molar-refractivity contribution in [1.82, 2.24) is 9.62 Å². The molecule has 37 heavy (non-hydrogen) atoms. The SMILES string of the molecule is C[C@@H](NC(=O)c1ccccc1NC(=O)C1CCN(S(=O)(=O)Cc2ccc(Cl)cc2)CC1)c1ccccc1. The fourth-order valence-electron chi connectivity index (χ4n) is 4.40. The number of para-hydroxylation sites is 1. The summed E-state index contributed by atoms with van der Waals surface area (Å²) < 4.78 is 27.2. The number of benzene rings is 3. The van der Waals surface area contributed by atoms with Crippen LogP contribution in [0.3, 0.4) is 0 Å². The number of sulfonamides is 1. The molecule has 1 saturated heterocycles. The van der Waals surface area contributed by atoms with Gasteiger partial charge in [-0.05, 0) is 55.2 Å². The molecular formula is C28H30ClN3O4S. The quantitative estimate of drug-likeness (QED) is 0.420.